The third-order valence-electron chi connectivity index (χ3n) is 3.25. The zero-order valence-corrected chi connectivity index (χ0v) is 11.9. The van der Waals surface area contributed by atoms with Crippen LogP contribution < -0.4 is 4.72 Å². The molecular formula is C11H19N3O4S. The van der Waals surface area contributed by atoms with Gasteiger partial charge in [-0.1, -0.05) is 6.42 Å². The molecule has 0 aromatic heterocycles. The molecule has 0 aliphatic heterocycles. The number of carbonyl (C=O) groups is 1. The van der Waals surface area contributed by atoms with E-state index in [1.807, 2.05) is 0 Å². The molecule has 0 amide bonds. The number of hydrogen-bond donors (Lipinski definition) is 1. The number of esters is 1. The van der Waals surface area contributed by atoms with E-state index in [-0.39, 0.29) is 24.9 Å². The largest absolute Gasteiger partial charge is 0.469 e. The zero-order chi connectivity index (χ0) is 14.5. The van der Waals surface area contributed by atoms with Gasteiger partial charge in [-0.25, -0.2) is 0 Å². The Balaban J connectivity index is 2.55. The highest BCUT2D eigenvalue weighted by Crippen LogP contribution is 2.25. The molecule has 0 heterocycles. The van der Waals surface area contributed by atoms with Crippen molar-refractivity contribution in [3.8, 4) is 6.07 Å². The van der Waals surface area contributed by atoms with Crippen LogP contribution in [0.5, 0.6) is 0 Å². The van der Waals surface area contributed by atoms with Crippen LogP contribution in [0.25, 0.3) is 0 Å². The lowest BCUT2D eigenvalue weighted by molar-refractivity contribution is -0.140. The van der Waals surface area contributed by atoms with Gasteiger partial charge in [-0.2, -0.15) is 22.7 Å². The van der Waals surface area contributed by atoms with E-state index in [0.717, 1.165) is 17.1 Å². The second-order valence-corrected chi connectivity index (χ2v) is 6.35. The van der Waals surface area contributed by atoms with Gasteiger partial charge in [0.2, 0.25) is 0 Å². The molecule has 1 rings (SSSR count). The van der Waals surface area contributed by atoms with E-state index in [1.54, 1.807) is 0 Å². The van der Waals surface area contributed by atoms with Gasteiger partial charge < -0.3 is 4.74 Å². The first-order valence-corrected chi connectivity index (χ1v) is 7.54. The van der Waals surface area contributed by atoms with Crippen molar-refractivity contribution in [2.24, 2.45) is 5.92 Å². The molecule has 1 N–H and O–H groups in total. The van der Waals surface area contributed by atoms with Crippen LogP contribution in [0.4, 0.5) is 0 Å². The highest BCUT2D eigenvalue weighted by atomic mass is 32.2. The standard InChI is InChI=1S/C11H19N3O4S/c1-14(7-6-11(15)18-2)19(16,17)13-10-5-3-4-9(10)8-12/h9-10,13H,3-7H2,1-2H3. The van der Waals surface area contributed by atoms with Crippen molar-refractivity contribution >= 4 is 16.2 Å². The van der Waals surface area contributed by atoms with Crippen LogP contribution in [0.2, 0.25) is 0 Å². The fourth-order valence-electron chi connectivity index (χ4n) is 2.01. The first kappa shape index (κ1) is 15.9. The molecule has 1 saturated carbocycles. The molecule has 1 aliphatic rings. The van der Waals surface area contributed by atoms with E-state index < -0.39 is 16.2 Å². The number of hydrogen-bond acceptors (Lipinski definition) is 5. The lowest BCUT2D eigenvalue weighted by Gasteiger charge is -2.21. The summed E-state index contributed by atoms with van der Waals surface area (Å²) >= 11 is 0. The maximum atomic E-state index is 12.0. The van der Waals surface area contributed by atoms with E-state index in [4.69, 9.17) is 5.26 Å². The van der Waals surface area contributed by atoms with Gasteiger partial charge in [-0.3, -0.25) is 4.79 Å². The number of nitrogens with zero attached hydrogens (tertiary/aromatic N) is 2. The van der Waals surface area contributed by atoms with Crippen molar-refractivity contribution in [2.45, 2.75) is 31.7 Å². The quantitative estimate of drug-likeness (QED) is 0.694. The minimum Gasteiger partial charge on any atom is -0.469 e. The van der Waals surface area contributed by atoms with E-state index in [2.05, 4.69) is 15.5 Å². The Morgan fingerprint density at radius 3 is 2.79 bits per heavy atom. The van der Waals surface area contributed by atoms with Gasteiger partial charge in [0, 0.05) is 19.6 Å². The molecule has 2 atom stereocenters. The second kappa shape index (κ2) is 6.84. The third kappa shape index (κ3) is 4.45. The first-order valence-electron chi connectivity index (χ1n) is 6.10. The average Bonchev–Trinajstić information content (AvgIpc) is 2.81. The Morgan fingerprint density at radius 1 is 1.53 bits per heavy atom. The molecular weight excluding hydrogens is 270 g/mol. The van der Waals surface area contributed by atoms with Gasteiger partial charge in [0.25, 0.3) is 10.2 Å². The number of rotatable bonds is 6. The van der Waals surface area contributed by atoms with E-state index in [0.29, 0.717) is 6.42 Å². The molecule has 108 valence electrons. The van der Waals surface area contributed by atoms with E-state index in [1.165, 1.54) is 14.2 Å². The Labute approximate surface area is 113 Å². The van der Waals surface area contributed by atoms with Crippen molar-refractivity contribution in [2.75, 3.05) is 20.7 Å². The summed E-state index contributed by atoms with van der Waals surface area (Å²) < 4.78 is 32.0. The molecule has 0 aromatic carbocycles. The molecule has 2 unspecified atom stereocenters. The number of nitrogens with one attached hydrogen (secondary N) is 1. The lowest BCUT2D eigenvalue weighted by Crippen LogP contribution is -2.45. The maximum Gasteiger partial charge on any atom is 0.306 e. The average molecular weight is 289 g/mol. The fourth-order valence-corrected chi connectivity index (χ4v) is 3.18. The summed E-state index contributed by atoms with van der Waals surface area (Å²) in [7, 11) is -1.02. The third-order valence-corrected chi connectivity index (χ3v) is 4.85. The number of ether oxygens (including phenoxy) is 1. The fraction of sp³-hybridized carbons (Fsp3) is 0.818. The first-order chi connectivity index (χ1) is 8.90. The van der Waals surface area contributed by atoms with E-state index >= 15 is 0 Å². The number of methoxy groups -OCH3 is 1. The Morgan fingerprint density at radius 2 is 2.21 bits per heavy atom. The van der Waals surface area contributed by atoms with Crippen LogP contribution in [0.3, 0.4) is 0 Å². The number of nitriles is 1. The van der Waals surface area contributed by atoms with Crippen LogP contribution >= 0.6 is 0 Å². The molecule has 1 fully saturated rings. The number of carbonyl (C=O) groups excluding carboxylic acids is 1. The minimum absolute atomic E-state index is 0.000253. The van der Waals surface area contributed by atoms with Gasteiger partial charge in [0.1, 0.15) is 0 Å². The molecule has 8 heteroatoms. The van der Waals surface area contributed by atoms with E-state index in [9.17, 15) is 13.2 Å². The van der Waals surface area contributed by atoms with Crippen molar-refractivity contribution in [3.05, 3.63) is 0 Å². The van der Waals surface area contributed by atoms with Crippen molar-refractivity contribution in [1.29, 1.82) is 5.26 Å². The zero-order valence-electron chi connectivity index (χ0n) is 11.1. The molecule has 0 saturated heterocycles. The summed E-state index contributed by atoms with van der Waals surface area (Å²) in [5, 5.41) is 8.92. The van der Waals surface area contributed by atoms with Crippen molar-refractivity contribution in [1.82, 2.24) is 9.03 Å². The van der Waals surface area contributed by atoms with Crippen molar-refractivity contribution < 1.29 is 17.9 Å². The summed E-state index contributed by atoms with van der Waals surface area (Å²) in [6, 6.07) is 1.78. The normalized spacial score (nSPS) is 23.3. The molecule has 7 nitrogen and oxygen atoms in total. The SMILES string of the molecule is COC(=O)CCN(C)S(=O)(=O)NC1CCCC1C#N. The van der Waals surface area contributed by atoms with Crippen LogP contribution in [0, 0.1) is 17.2 Å². The van der Waals surface area contributed by atoms with Gasteiger partial charge in [0.15, 0.2) is 0 Å². The van der Waals surface area contributed by atoms with Crippen molar-refractivity contribution in [3.63, 3.8) is 0 Å². The summed E-state index contributed by atoms with van der Waals surface area (Å²) in [5.74, 6) is -0.735. The summed E-state index contributed by atoms with van der Waals surface area (Å²) in [4.78, 5) is 11.0. The lowest BCUT2D eigenvalue weighted by atomic mass is 10.1. The summed E-state index contributed by atoms with van der Waals surface area (Å²) in [5.41, 5.74) is 0. The van der Waals surface area contributed by atoms with Gasteiger partial charge in [0.05, 0.1) is 25.5 Å². The predicted octanol–water partition coefficient (Wildman–Crippen LogP) is 0.00798. The summed E-state index contributed by atoms with van der Waals surface area (Å²) in [6.45, 7) is 0.0476. The predicted molar refractivity (Wildman–Crippen MR) is 68.1 cm³/mol. The Hall–Kier alpha value is -1.17. The Kier molecular flexibility index (Phi) is 5.72. The van der Waals surface area contributed by atoms with Gasteiger partial charge in [-0.05, 0) is 12.8 Å². The summed E-state index contributed by atoms with van der Waals surface area (Å²) in [6.07, 6.45) is 2.23. The van der Waals surface area contributed by atoms with Crippen LogP contribution in [0.1, 0.15) is 25.7 Å². The molecule has 0 radical (unpaired) electrons. The second-order valence-electron chi connectivity index (χ2n) is 4.54. The maximum absolute atomic E-state index is 12.0. The molecule has 1 aliphatic carbocycles. The molecule has 19 heavy (non-hydrogen) atoms. The molecule has 0 spiro atoms. The topological polar surface area (TPSA) is 99.5 Å². The molecule has 0 aromatic rings. The van der Waals surface area contributed by atoms with Gasteiger partial charge in [-0.15, -0.1) is 0 Å². The monoisotopic (exact) mass is 289 g/mol. The Bertz CT molecular complexity index is 457. The smallest absolute Gasteiger partial charge is 0.306 e. The van der Waals surface area contributed by atoms with Crippen LogP contribution in [-0.2, 0) is 19.7 Å². The van der Waals surface area contributed by atoms with Gasteiger partial charge >= 0.3 is 5.97 Å². The highest BCUT2D eigenvalue weighted by Gasteiger charge is 2.32. The molecule has 0 bridgehead atoms. The minimum atomic E-state index is -3.67. The van der Waals surface area contributed by atoms with Crippen LogP contribution in [0.15, 0.2) is 0 Å². The van der Waals surface area contributed by atoms with Crippen LogP contribution in [-0.4, -0.2) is 45.4 Å². The highest BCUT2D eigenvalue weighted by molar-refractivity contribution is 7.87.